The predicted molar refractivity (Wildman–Crippen MR) is 35.2 cm³/mol. The molecule has 2 aliphatic heterocycles. The maximum Gasteiger partial charge on any atom is 0.0786 e. The van der Waals surface area contributed by atoms with Gasteiger partial charge in [0.05, 0.1) is 5.60 Å². The molecule has 2 nitrogen and oxygen atoms in total. The molecule has 2 saturated heterocycles. The summed E-state index contributed by atoms with van der Waals surface area (Å²) < 4.78 is 0. The van der Waals surface area contributed by atoms with Crippen LogP contribution in [0, 0.1) is 0 Å². The van der Waals surface area contributed by atoms with E-state index in [1.165, 1.54) is 6.42 Å². The van der Waals surface area contributed by atoms with Crippen molar-refractivity contribution in [3.05, 3.63) is 0 Å². The first-order valence-electron chi connectivity index (χ1n) is 3.67. The van der Waals surface area contributed by atoms with E-state index in [-0.39, 0.29) is 0 Å². The Bertz CT molecular complexity index is 133. The van der Waals surface area contributed by atoms with Gasteiger partial charge in [-0.3, -0.25) is 0 Å². The number of rotatable bonds is 0. The molecule has 0 radical (unpaired) electrons. The van der Waals surface area contributed by atoms with E-state index in [4.69, 9.17) is 0 Å². The van der Waals surface area contributed by atoms with E-state index in [1.54, 1.807) is 0 Å². The van der Waals surface area contributed by atoms with E-state index in [0.29, 0.717) is 12.1 Å². The zero-order chi connectivity index (χ0) is 6.48. The Hall–Kier alpha value is -0.0800. The SMILES string of the molecule is C[C@@]1(O)C[C@@H]2CC[C@H]1N2. The molecular formula is C7H13NO. The van der Waals surface area contributed by atoms with Crippen molar-refractivity contribution in [3.63, 3.8) is 0 Å². The third-order valence-corrected chi connectivity index (χ3v) is 2.65. The number of hydrogen-bond donors (Lipinski definition) is 2. The van der Waals surface area contributed by atoms with Gasteiger partial charge in [-0.25, -0.2) is 0 Å². The summed E-state index contributed by atoms with van der Waals surface area (Å²) in [5.41, 5.74) is -0.400. The summed E-state index contributed by atoms with van der Waals surface area (Å²) in [4.78, 5) is 0. The highest BCUT2D eigenvalue weighted by Gasteiger charge is 2.46. The van der Waals surface area contributed by atoms with E-state index in [2.05, 4.69) is 5.32 Å². The van der Waals surface area contributed by atoms with E-state index >= 15 is 0 Å². The molecule has 0 aromatic carbocycles. The first-order chi connectivity index (χ1) is 4.18. The molecule has 0 amide bonds. The summed E-state index contributed by atoms with van der Waals surface area (Å²) in [6, 6.07) is 1.01. The lowest BCUT2D eigenvalue weighted by Gasteiger charge is -2.25. The highest BCUT2D eigenvalue weighted by molar-refractivity contribution is 5.05. The monoisotopic (exact) mass is 127 g/mol. The lowest BCUT2D eigenvalue weighted by Crippen LogP contribution is -2.38. The topological polar surface area (TPSA) is 32.3 Å². The van der Waals surface area contributed by atoms with Crippen LogP contribution in [-0.2, 0) is 0 Å². The minimum atomic E-state index is -0.400. The first kappa shape index (κ1) is 5.69. The summed E-state index contributed by atoms with van der Waals surface area (Å²) in [5, 5.41) is 13.0. The van der Waals surface area contributed by atoms with E-state index in [1.807, 2.05) is 6.92 Å². The maximum absolute atomic E-state index is 9.62. The van der Waals surface area contributed by atoms with Crippen LogP contribution in [0.3, 0.4) is 0 Å². The second-order valence-corrected chi connectivity index (χ2v) is 3.55. The number of fused-ring (bicyclic) bond motifs is 2. The molecule has 2 fully saturated rings. The first-order valence-corrected chi connectivity index (χ1v) is 3.67. The van der Waals surface area contributed by atoms with Gasteiger partial charge in [-0.1, -0.05) is 0 Å². The molecule has 2 heteroatoms. The van der Waals surface area contributed by atoms with E-state index < -0.39 is 5.60 Å². The summed E-state index contributed by atoms with van der Waals surface area (Å²) >= 11 is 0. The van der Waals surface area contributed by atoms with Gasteiger partial charge in [0.25, 0.3) is 0 Å². The van der Waals surface area contributed by atoms with Crippen molar-refractivity contribution in [2.24, 2.45) is 0 Å². The van der Waals surface area contributed by atoms with Gasteiger partial charge in [0.2, 0.25) is 0 Å². The number of hydrogen-bond acceptors (Lipinski definition) is 2. The normalized spacial score (nSPS) is 56.7. The molecular weight excluding hydrogens is 114 g/mol. The molecule has 0 aliphatic carbocycles. The zero-order valence-electron chi connectivity index (χ0n) is 5.72. The lowest BCUT2D eigenvalue weighted by molar-refractivity contribution is 0.0352. The molecule has 3 atom stereocenters. The van der Waals surface area contributed by atoms with Crippen molar-refractivity contribution in [2.45, 2.75) is 43.9 Å². The third-order valence-electron chi connectivity index (χ3n) is 2.65. The second kappa shape index (κ2) is 1.50. The van der Waals surface area contributed by atoms with Gasteiger partial charge in [-0.2, -0.15) is 0 Å². The minimum Gasteiger partial charge on any atom is -0.388 e. The summed E-state index contributed by atoms with van der Waals surface area (Å²) in [5.74, 6) is 0. The van der Waals surface area contributed by atoms with Crippen LogP contribution in [0.1, 0.15) is 26.2 Å². The lowest BCUT2D eigenvalue weighted by atomic mass is 9.87. The molecule has 0 saturated carbocycles. The van der Waals surface area contributed by atoms with Gasteiger partial charge >= 0.3 is 0 Å². The zero-order valence-corrected chi connectivity index (χ0v) is 5.72. The quantitative estimate of drug-likeness (QED) is 0.489. The van der Waals surface area contributed by atoms with Gasteiger partial charge in [0.15, 0.2) is 0 Å². The smallest absolute Gasteiger partial charge is 0.0786 e. The summed E-state index contributed by atoms with van der Waals surface area (Å²) in [6.45, 7) is 1.93. The highest BCUT2D eigenvalue weighted by Crippen LogP contribution is 2.35. The van der Waals surface area contributed by atoms with Gasteiger partial charge in [0, 0.05) is 12.1 Å². The van der Waals surface area contributed by atoms with Crippen LogP contribution >= 0.6 is 0 Å². The van der Waals surface area contributed by atoms with Gasteiger partial charge in [-0.05, 0) is 26.2 Å². The van der Waals surface area contributed by atoms with Crippen LogP contribution in [0.25, 0.3) is 0 Å². The van der Waals surface area contributed by atoms with Crippen LogP contribution in [0.5, 0.6) is 0 Å². The fourth-order valence-corrected chi connectivity index (χ4v) is 2.11. The Kier molecular flexibility index (Phi) is 0.945. The summed E-state index contributed by atoms with van der Waals surface area (Å²) in [7, 11) is 0. The van der Waals surface area contributed by atoms with Crippen LogP contribution in [0.2, 0.25) is 0 Å². The van der Waals surface area contributed by atoms with Crippen molar-refractivity contribution >= 4 is 0 Å². The molecule has 2 heterocycles. The van der Waals surface area contributed by atoms with Crippen molar-refractivity contribution < 1.29 is 5.11 Å². The molecule has 2 aliphatic rings. The Morgan fingerprint density at radius 1 is 1.56 bits per heavy atom. The number of aliphatic hydroxyl groups is 1. The van der Waals surface area contributed by atoms with Gasteiger partial charge in [-0.15, -0.1) is 0 Å². The van der Waals surface area contributed by atoms with E-state index in [0.717, 1.165) is 12.8 Å². The molecule has 2 bridgehead atoms. The average molecular weight is 127 g/mol. The molecule has 2 N–H and O–H groups in total. The van der Waals surface area contributed by atoms with Crippen LogP contribution in [0.4, 0.5) is 0 Å². The average Bonchev–Trinajstić information content (AvgIpc) is 2.19. The molecule has 0 aromatic rings. The standard InChI is InChI=1S/C7H13NO/c1-7(9)4-5-2-3-6(7)8-5/h5-6,8-9H,2-4H2,1H3/t5-,6+,7+/m0/s1. The fraction of sp³-hybridized carbons (Fsp3) is 1.00. The molecule has 0 aromatic heterocycles. The molecule has 2 rings (SSSR count). The minimum absolute atomic E-state index is 0.391. The molecule has 0 spiro atoms. The van der Waals surface area contributed by atoms with E-state index in [9.17, 15) is 5.11 Å². The Morgan fingerprint density at radius 3 is 2.56 bits per heavy atom. The largest absolute Gasteiger partial charge is 0.388 e. The second-order valence-electron chi connectivity index (χ2n) is 3.55. The van der Waals surface area contributed by atoms with Crippen LogP contribution < -0.4 is 5.32 Å². The van der Waals surface area contributed by atoms with Crippen molar-refractivity contribution in [1.29, 1.82) is 0 Å². The number of nitrogens with one attached hydrogen (secondary N) is 1. The van der Waals surface area contributed by atoms with Gasteiger partial charge < -0.3 is 10.4 Å². The van der Waals surface area contributed by atoms with Crippen molar-refractivity contribution in [2.75, 3.05) is 0 Å². The maximum atomic E-state index is 9.62. The van der Waals surface area contributed by atoms with Crippen molar-refractivity contribution in [3.8, 4) is 0 Å². The molecule has 0 unspecified atom stereocenters. The fourth-order valence-electron chi connectivity index (χ4n) is 2.11. The molecule has 52 valence electrons. The highest BCUT2D eigenvalue weighted by atomic mass is 16.3. The Labute approximate surface area is 55.3 Å². The molecule has 9 heavy (non-hydrogen) atoms. The van der Waals surface area contributed by atoms with Crippen LogP contribution in [0.15, 0.2) is 0 Å². The summed E-state index contributed by atoms with van der Waals surface area (Å²) in [6.07, 6.45) is 3.39. The van der Waals surface area contributed by atoms with Crippen molar-refractivity contribution in [1.82, 2.24) is 5.32 Å². The van der Waals surface area contributed by atoms with Crippen LogP contribution in [-0.4, -0.2) is 22.8 Å². The van der Waals surface area contributed by atoms with Gasteiger partial charge in [0.1, 0.15) is 0 Å². The Morgan fingerprint density at radius 2 is 2.33 bits per heavy atom. The Balaban J connectivity index is 2.18. The third kappa shape index (κ3) is 0.700. The predicted octanol–water partition coefficient (Wildman–Crippen LogP) is 0.262.